The average Bonchev–Trinajstić information content (AvgIpc) is 2.30. The number of alkyl halides is 9. The largest absolute Gasteiger partial charge is 0.460 e. The van der Waals surface area contributed by atoms with Crippen molar-refractivity contribution in [3.63, 3.8) is 0 Å². The fraction of sp³-hybridized carbons (Fsp3) is 0.455. The van der Waals surface area contributed by atoms with Crippen molar-refractivity contribution in [2.24, 2.45) is 0 Å². The molecule has 0 bridgehead atoms. The Balaban J connectivity index is 3.51. The molecule has 0 fully saturated rings. The number of hydrogen-bond acceptors (Lipinski definition) is 1. The second-order valence-corrected chi connectivity index (χ2v) is 4.31. The number of nitrogens with two attached hydrogens (primary N) is 1. The highest BCUT2D eigenvalue weighted by Crippen LogP contribution is 2.57. The molecule has 0 radical (unpaired) electrons. The number of anilines is 1. The monoisotopic (exact) mass is 325 g/mol. The van der Waals surface area contributed by atoms with E-state index in [9.17, 15) is 39.5 Å². The van der Waals surface area contributed by atoms with Crippen molar-refractivity contribution in [2.45, 2.75) is 30.9 Å². The van der Waals surface area contributed by atoms with Crippen LogP contribution in [0, 0.1) is 6.92 Å². The Morgan fingerprint density at radius 2 is 1.29 bits per heavy atom. The van der Waals surface area contributed by atoms with Gasteiger partial charge in [0.2, 0.25) is 0 Å². The zero-order valence-electron chi connectivity index (χ0n) is 10.2. The van der Waals surface area contributed by atoms with Crippen LogP contribution in [0.25, 0.3) is 0 Å². The van der Waals surface area contributed by atoms with Crippen LogP contribution >= 0.6 is 0 Å². The Hall–Kier alpha value is -1.61. The maximum Gasteiger partial charge on any atom is 0.460 e. The van der Waals surface area contributed by atoms with Crippen molar-refractivity contribution in [1.82, 2.24) is 0 Å². The number of nitrogen functional groups attached to an aromatic ring is 1. The molecule has 1 aromatic carbocycles. The molecule has 0 heterocycles. The van der Waals surface area contributed by atoms with E-state index in [1.165, 1.54) is 0 Å². The quantitative estimate of drug-likeness (QED) is 0.642. The molecule has 0 saturated carbocycles. The molecular formula is C11H8F9N. The molecule has 0 aromatic heterocycles. The highest BCUT2D eigenvalue weighted by molar-refractivity contribution is 5.51. The summed E-state index contributed by atoms with van der Waals surface area (Å²) in [6.45, 7) is 1.15. The van der Waals surface area contributed by atoms with E-state index in [4.69, 9.17) is 5.73 Å². The van der Waals surface area contributed by atoms with Gasteiger partial charge < -0.3 is 5.73 Å². The van der Waals surface area contributed by atoms with E-state index in [1.807, 2.05) is 0 Å². The van der Waals surface area contributed by atoms with Gasteiger partial charge in [-0.2, -0.15) is 39.5 Å². The second kappa shape index (κ2) is 4.70. The van der Waals surface area contributed by atoms with Crippen molar-refractivity contribution in [3.8, 4) is 0 Å². The Morgan fingerprint density at radius 3 is 1.71 bits per heavy atom. The Labute approximate surface area is 112 Å². The van der Waals surface area contributed by atoms with Gasteiger partial charge in [-0.3, -0.25) is 0 Å². The molecule has 1 nitrogen and oxygen atoms in total. The molecule has 10 heteroatoms. The van der Waals surface area contributed by atoms with E-state index >= 15 is 0 Å². The lowest BCUT2D eigenvalue weighted by atomic mass is 9.94. The van der Waals surface area contributed by atoms with Crippen molar-refractivity contribution >= 4 is 5.69 Å². The van der Waals surface area contributed by atoms with E-state index in [-0.39, 0.29) is 5.56 Å². The normalized spacial score (nSPS) is 14.4. The zero-order chi connectivity index (χ0) is 16.9. The molecule has 1 aromatic rings. The summed E-state index contributed by atoms with van der Waals surface area (Å²) in [4.78, 5) is 0. The lowest BCUT2D eigenvalue weighted by Crippen LogP contribution is -2.59. The molecule has 0 amide bonds. The second-order valence-electron chi connectivity index (χ2n) is 4.31. The van der Waals surface area contributed by atoms with Gasteiger partial charge in [-0.25, -0.2) is 0 Å². The van der Waals surface area contributed by atoms with Gasteiger partial charge in [0.25, 0.3) is 0 Å². The van der Waals surface area contributed by atoms with Crippen LogP contribution in [0.15, 0.2) is 18.2 Å². The third-order valence-corrected chi connectivity index (χ3v) is 2.69. The maximum absolute atomic E-state index is 13.6. The van der Waals surface area contributed by atoms with Crippen LogP contribution in [0.3, 0.4) is 0 Å². The van der Waals surface area contributed by atoms with E-state index in [1.54, 1.807) is 0 Å². The molecule has 0 saturated heterocycles. The van der Waals surface area contributed by atoms with Gasteiger partial charge in [-0.1, -0.05) is 11.6 Å². The van der Waals surface area contributed by atoms with Crippen LogP contribution < -0.4 is 5.73 Å². The van der Waals surface area contributed by atoms with Gasteiger partial charge in [0.1, 0.15) is 0 Å². The van der Waals surface area contributed by atoms with Gasteiger partial charge in [-0.05, 0) is 19.1 Å². The molecule has 0 spiro atoms. The third kappa shape index (κ3) is 2.51. The number of aryl methyl sites for hydroxylation is 1. The standard InChI is InChI=1S/C11H8F9N/c1-5-2-3-7(21)6(4-5)8(12,13)9(14,15)10(16,17)11(18,19)20/h2-4H,21H2,1H3. The fourth-order valence-electron chi connectivity index (χ4n) is 1.49. The summed E-state index contributed by atoms with van der Waals surface area (Å²) in [5, 5.41) is 0. The van der Waals surface area contributed by atoms with Crippen LogP contribution in [0.1, 0.15) is 11.1 Å². The molecule has 21 heavy (non-hydrogen) atoms. The Morgan fingerprint density at radius 1 is 0.810 bits per heavy atom. The van der Waals surface area contributed by atoms with E-state index in [0.29, 0.717) is 12.1 Å². The molecule has 0 aliphatic rings. The van der Waals surface area contributed by atoms with Gasteiger partial charge in [0.05, 0.1) is 5.56 Å². The summed E-state index contributed by atoms with van der Waals surface area (Å²) in [7, 11) is 0. The minimum Gasteiger partial charge on any atom is -0.398 e. The predicted octanol–water partition coefficient (Wildman–Crippen LogP) is 4.50. The minimum atomic E-state index is -6.93. The molecule has 0 aliphatic heterocycles. The van der Waals surface area contributed by atoms with Crippen molar-refractivity contribution < 1.29 is 39.5 Å². The fourth-order valence-corrected chi connectivity index (χ4v) is 1.49. The first-order chi connectivity index (χ1) is 9.16. The highest BCUT2D eigenvalue weighted by atomic mass is 19.4. The number of halogens is 9. The van der Waals surface area contributed by atoms with Gasteiger partial charge in [0, 0.05) is 5.69 Å². The predicted molar refractivity (Wildman–Crippen MR) is 55.4 cm³/mol. The summed E-state index contributed by atoms with van der Waals surface area (Å²) in [6.07, 6.45) is -6.85. The lowest BCUT2D eigenvalue weighted by Gasteiger charge is -2.34. The minimum absolute atomic E-state index is 0.0648. The van der Waals surface area contributed by atoms with Crippen LogP contribution in [-0.4, -0.2) is 18.0 Å². The first kappa shape index (κ1) is 17.4. The van der Waals surface area contributed by atoms with Gasteiger partial charge in [0.15, 0.2) is 0 Å². The topological polar surface area (TPSA) is 26.0 Å². The number of hydrogen-bond donors (Lipinski definition) is 1. The molecule has 0 unspecified atom stereocenters. The average molecular weight is 325 g/mol. The number of benzene rings is 1. The van der Waals surface area contributed by atoms with E-state index in [2.05, 4.69) is 0 Å². The third-order valence-electron chi connectivity index (χ3n) is 2.69. The van der Waals surface area contributed by atoms with Crippen LogP contribution in [-0.2, 0) is 5.92 Å². The van der Waals surface area contributed by atoms with Gasteiger partial charge in [-0.15, -0.1) is 0 Å². The smallest absolute Gasteiger partial charge is 0.398 e. The van der Waals surface area contributed by atoms with E-state index in [0.717, 1.165) is 13.0 Å². The van der Waals surface area contributed by atoms with E-state index < -0.39 is 35.2 Å². The van der Waals surface area contributed by atoms with Crippen LogP contribution in [0.4, 0.5) is 45.2 Å². The van der Waals surface area contributed by atoms with Crippen molar-refractivity contribution in [2.75, 3.05) is 5.73 Å². The maximum atomic E-state index is 13.6. The molecule has 2 N–H and O–H groups in total. The van der Waals surface area contributed by atoms with Crippen molar-refractivity contribution in [3.05, 3.63) is 29.3 Å². The molecule has 120 valence electrons. The first-order valence-corrected chi connectivity index (χ1v) is 5.23. The zero-order valence-corrected chi connectivity index (χ0v) is 10.2. The molecule has 0 aliphatic carbocycles. The number of rotatable bonds is 3. The summed E-state index contributed by atoms with van der Waals surface area (Å²) in [5.74, 6) is -19.5. The van der Waals surface area contributed by atoms with Gasteiger partial charge >= 0.3 is 23.9 Å². The first-order valence-electron chi connectivity index (χ1n) is 5.23. The lowest BCUT2D eigenvalue weighted by molar-refractivity contribution is -0.399. The summed E-state index contributed by atoms with van der Waals surface area (Å²) in [5.41, 5.74) is 2.10. The summed E-state index contributed by atoms with van der Waals surface area (Å²) < 4.78 is 115. The summed E-state index contributed by atoms with van der Waals surface area (Å²) >= 11 is 0. The SMILES string of the molecule is Cc1ccc(N)c(C(F)(F)C(F)(F)C(F)(F)C(F)(F)F)c1. The molecule has 0 atom stereocenters. The van der Waals surface area contributed by atoms with Crippen LogP contribution in [0.2, 0.25) is 0 Å². The summed E-state index contributed by atoms with van der Waals surface area (Å²) in [6, 6.07) is 2.14. The Kier molecular flexibility index (Phi) is 3.91. The Bertz CT molecular complexity index is 533. The highest BCUT2D eigenvalue weighted by Gasteiger charge is 2.82. The molecular weight excluding hydrogens is 317 g/mol. The molecule has 1 rings (SSSR count). The van der Waals surface area contributed by atoms with Crippen molar-refractivity contribution in [1.29, 1.82) is 0 Å². The van der Waals surface area contributed by atoms with Crippen LogP contribution in [0.5, 0.6) is 0 Å².